The third kappa shape index (κ3) is 4.89. The molecule has 1 heterocycles. The summed E-state index contributed by atoms with van der Waals surface area (Å²) >= 11 is 0. The highest BCUT2D eigenvalue weighted by molar-refractivity contribution is 5.81. The Bertz CT molecular complexity index is 388. The Morgan fingerprint density at radius 3 is 2.59 bits per heavy atom. The Labute approximate surface area is 134 Å². The molecule has 2 aliphatic rings. The number of aliphatic imine (C=N–C) groups is 1. The quantitative estimate of drug-likeness (QED) is 0.583. The largest absolute Gasteiger partial charge is 0.359 e. The number of piperidine rings is 1. The lowest BCUT2D eigenvalue weighted by Crippen LogP contribution is -2.47. The zero-order valence-electron chi connectivity index (χ0n) is 14.4. The molecule has 1 saturated carbocycles. The molecule has 2 N–H and O–H groups in total. The van der Waals surface area contributed by atoms with Gasteiger partial charge in [-0.05, 0) is 44.4 Å². The smallest absolute Gasteiger partial charge is 0.220 e. The van der Waals surface area contributed by atoms with E-state index in [0.717, 1.165) is 44.4 Å². The first kappa shape index (κ1) is 17.1. The van der Waals surface area contributed by atoms with Crippen molar-refractivity contribution in [3.8, 4) is 0 Å². The van der Waals surface area contributed by atoms with E-state index in [1.807, 2.05) is 0 Å². The van der Waals surface area contributed by atoms with Gasteiger partial charge in [0.2, 0.25) is 5.91 Å². The second kappa shape index (κ2) is 8.39. The van der Waals surface area contributed by atoms with Crippen LogP contribution in [0.5, 0.6) is 0 Å². The number of rotatable bonds is 6. The minimum Gasteiger partial charge on any atom is -0.359 e. The summed E-state index contributed by atoms with van der Waals surface area (Å²) < 4.78 is 0. The first-order valence-corrected chi connectivity index (χ1v) is 8.94. The third-order valence-corrected chi connectivity index (χ3v) is 4.87. The van der Waals surface area contributed by atoms with Gasteiger partial charge in [0.25, 0.3) is 0 Å². The Morgan fingerprint density at radius 1 is 1.27 bits per heavy atom. The van der Waals surface area contributed by atoms with Gasteiger partial charge in [0.15, 0.2) is 5.96 Å². The van der Waals surface area contributed by atoms with Gasteiger partial charge in [0.05, 0.1) is 0 Å². The maximum atomic E-state index is 11.5. The molecule has 1 saturated heterocycles. The number of nitrogens with zero attached hydrogens (tertiary/aromatic N) is 2. The molecule has 1 aliphatic carbocycles. The van der Waals surface area contributed by atoms with Crippen LogP contribution in [0.2, 0.25) is 0 Å². The van der Waals surface area contributed by atoms with Gasteiger partial charge in [-0.1, -0.05) is 13.3 Å². The molecule has 0 aromatic rings. The van der Waals surface area contributed by atoms with E-state index >= 15 is 0 Å². The molecule has 0 radical (unpaired) electrons. The number of likely N-dealkylation sites (tertiary alicyclic amines) is 1. The molecule has 0 spiro atoms. The predicted molar refractivity (Wildman–Crippen MR) is 90.9 cm³/mol. The van der Waals surface area contributed by atoms with E-state index < -0.39 is 0 Å². The van der Waals surface area contributed by atoms with Crippen LogP contribution in [-0.2, 0) is 4.79 Å². The summed E-state index contributed by atoms with van der Waals surface area (Å²) in [7, 11) is 1.72. The second-order valence-corrected chi connectivity index (χ2v) is 6.64. The summed E-state index contributed by atoms with van der Waals surface area (Å²) in [5.74, 6) is 2.62. The van der Waals surface area contributed by atoms with E-state index in [0.29, 0.717) is 18.4 Å². The number of amides is 1. The van der Waals surface area contributed by atoms with Gasteiger partial charge < -0.3 is 15.5 Å². The first-order chi connectivity index (χ1) is 10.7. The lowest BCUT2D eigenvalue weighted by Gasteiger charge is -2.34. The molecule has 1 aliphatic heterocycles. The van der Waals surface area contributed by atoms with Crippen LogP contribution in [0.25, 0.3) is 0 Å². The number of hydrogen-bond acceptors (Lipinski definition) is 2. The van der Waals surface area contributed by atoms with Crippen molar-refractivity contribution in [1.82, 2.24) is 15.5 Å². The van der Waals surface area contributed by atoms with Crippen LogP contribution in [-0.4, -0.2) is 49.5 Å². The SMILES string of the molecule is CCCC1CC1NC(=NCC)N1CCC(CC(=O)NC)CC1. The molecule has 2 rings (SSSR count). The van der Waals surface area contributed by atoms with Crippen molar-refractivity contribution in [3.63, 3.8) is 0 Å². The summed E-state index contributed by atoms with van der Waals surface area (Å²) in [6.07, 6.45) is 6.73. The van der Waals surface area contributed by atoms with Crippen LogP contribution in [0.4, 0.5) is 0 Å². The summed E-state index contributed by atoms with van der Waals surface area (Å²) in [5, 5.41) is 6.39. The van der Waals surface area contributed by atoms with Gasteiger partial charge in [0, 0.05) is 39.1 Å². The minimum absolute atomic E-state index is 0.166. The van der Waals surface area contributed by atoms with E-state index in [1.165, 1.54) is 19.3 Å². The van der Waals surface area contributed by atoms with Crippen molar-refractivity contribution in [2.45, 2.75) is 58.4 Å². The maximum Gasteiger partial charge on any atom is 0.220 e. The van der Waals surface area contributed by atoms with Crippen molar-refractivity contribution in [1.29, 1.82) is 0 Å². The Kier molecular flexibility index (Phi) is 6.52. The zero-order chi connectivity index (χ0) is 15.9. The highest BCUT2D eigenvalue weighted by Gasteiger charge is 2.37. The summed E-state index contributed by atoms with van der Waals surface area (Å²) in [5.41, 5.74) is 0. The van der Waals surface area contributed by atoms with Gasteiger partial charge in [0.1, 0.15) is 0 Å². The molecule has 22 heavy (non-hydrogen) atoms. The lowest BCUT2D eigenvalue weighted by molar-refractivity contribution is -0.121. The van der Waals surface area contributed by atoms with Crippen LogP contribution in [0.1, 0.15) is 52.4 Å². The number of nitrogens with one attached hydrogen (secondary N) is 2. The standard InChI is InChI=1S/C17H32N4O/c1-4-6-14-12-15(14)20-17(19-5-2)21-9-7-13(8-10-21)11-16(22)18-3/h13-15H,4-12H2,1-3H3,(H,18,22)(H,19,20). The number of hydrogen-bond donors (Lipinski definition) is 2. The summed E-state index contributed by atoms with van der Waals surface area (Å²) in [4.78, 5) is 18.5. The van der Waals surface area contributed by atoms with E-state index in [9.17, 15) is 4.79 Å². The van der Waals surface area contributed by atoms with Gasteiger partial charge >= 0.3 is 0 Å². The van der Waals surface area contributed by atoms with Crippen LogP contribution in [0, 0.1) is 11.8 Å². The molecule has 5 nitrogen and oxygen atoms in total. The summed E-state index contributed by atoms with van der Waals surface area (Å²) in [6.45, 7) is 7.20. The van der Waals surface area contributed by atoms with Crippen LogP contribution in [0.15, 0.2) is 4.99 Å². The first-order valence-electron chi connectivity index (χ1n) is 8.94. The monoisotopic (exact) mass is 308 g/mol. The van der Waals surface area contributed by atoms with Crippen LogP contribution >= 0.6 is 0 Å². The van der Waals surface area contributed by atoms with E-state index in [1.54, 1.807) is 7.05 Å². The normalized spacial score (nSPS) is 26.0. The van der Waals surface area contributed by atoms with Crippen molar-refractivity contribution >= 4 is 11.9 Å². The van der Waals surface area contributed by atoms with Crippen molar-refractivity contribution in [2.24, 2.45) is 16.8 Å². The Morgan fingerprint density at radius 2 is 2.00 bits per heavy atom. The average molecular weight is 308 g/mol. The lowest BCUT2D eigenvalue weighted by atomic mass is 9.93. The van der Waals surface area contributed by atoms with E-state index in [4.69, 9.17) is 0 Å². The van der Waals surface area contributed by atoms with E-state index in [2.05, 4.69) is 34.4 Å². The number of guanidine groups is 1. The molecular formula is C17H32N4O. The third-order valence-electron chi connectivity index (χ3n) is 4.87. The molecule has 0 bridgehead atoms. The molecule has 126 valence electrons. The fraction of sp³-hybridized carbons (Fsp3) is 0.882. The van der Waals surface area contributed by atoms with Gasteiger partial charge in [-0.25, -0.2) is 0 Å². The molecule has 5 heteroatoms. The number of carbonyl (C=O) groups excluding carboxylic acids is 1. The molecule has 0 aromatic heterocycles. The topological polar surface area (TPSA) is 56.7 Å². The molecule has 0 aromatic carbocycles. The number of carbonyl (C=O) groups is 1. The van der Waals surface area contributed by atoms with Crippen molar-refractivity contribution in [3.05, 3.63) is 0 Å². The fourth-order valence-electron chi connectivity index (χ4n) is 3.38. The minimum atomic E-state index is 0.166. The highest BCUT2D eigenvalue weighted by atomic mass is 16.1. The molecule has 2 atom stereocenters. The van der Waals surface area contributed by atoms with Gasteiger partial charge in [-0.2, -0.15) is 0 Å². The molecule has 1 amide bonds. The van der Waals surface area contributed by atoms with Gasteiger partial charge in [-0.15, -0.1) is 0 Å². The maximum absolute atomic E-state index is 11.5. The fourth-order valence-corrected chi connectivity index (χ4v) is 3.38. The van der Waals surface area contributed by atoms with Gasteiger partial charge in [-0.3, -0.25) is 9.79 Å². The Balaban J connectivity index is 1.79. The molecular weight excluding hydrogens is 276 g/mol. The highest BCUT2D eigenvalue weighted by Crippen LogP contribution is 2.34. The Hall–Kier alpha value is -1.26. The van der Waals surface area contributed by atoms with Crippen LogP contribution in [0.3, 0.4) is 0 Å². The predicted octanol–water partition coefficient (Wildman–Crippen LogP) is 1.99. The van der Waals surface area contributed by atoms with Crippen LogP contribution < -0.4 is 10.6 Å². The average Bonchev–Trinajstić information content (AvgIpc) is 3.26. The second-order valence-electron chi connectivity index (χ2n) is 6.64. The zero-order valence-corrected chi connectivity index (χ0v) is 14.4. The summed E-state index contributed by atoms with van der Waals surface area (Å²) in [6, 6.07) is 0.633. The van der Waals surface area contributed by atoms with E-state index in [-0.39, 0.29) is 5.91 Å². The molecule has 2 unspecified atom stereocenters. The molecule has 2 fully saturated rings. The van der Waals surface area contributed by atoms with Crippen molar-refractivity contribution in [2.75, 3.05) is 26.7 Å². The van der Waals surface area contributed by atoms with Crippen molar-refractivity contribution < 1.29 is 4.79 Å².